The van der Waals surface area contributed by atoms with Crippen molar-refractivity contribution in [1.29, 1.82) is 0 Å². The van der Waals surface area contributed by atoms with Crippen molar-refractivity contribution < 1.29 is 14.5 Å². The first-order valence-electron chi connectivity index (χ1n) is 9.82. The Bertz CT molecular complexity index is 750. The van der Waals surface area contributed by atoms with Gasteiger partial charge < -0.3 is 9.80 Å². The standard InChI is InChI=1S/C19H25N5O4/c25-18(13-4-2-1-3-5-13)22-8-10-23(11-9-22)19(26)17-15-12-14(24(27)28)6-7-16(15)20-21-17/h1-5,14-17,20-21H,6-12H2. The van der Waals surface area contributed by atoms with Crippen LogP contribution in [0.25, 0.3) is 0 Å². The van der Waals surface area contributed by atoms with Crippen molar-refractivity contribution in [3.63, 3.8) is 0 Å². The van der Waals surface area contributed by atoms with Crippen LogP contribution < -0.4 is 10.9 Å². The van der Waals surface area contributed by atoms with E-state index in [1.54, 1.807) is 21.9 Å². The Balaban J connectivity index is 1.35. The molecule has 1 aromatic rings. The van der Waals surface area contributed by atoms with E-state index in [0.717, 1.165) is 0 Å². The van der Waals surface area contributed by atoms with Gasteiger partial charge in [0.05, 0.1) is 0 Å². The molecule has 4 unspecified atom stereocenters. The molecule has 1 aliphatic carbocycles. The van der Waals surface area contributed by atoms with E-state index in [2.05, 4.69) is 10.9 Å². The van der Waals surface area contributed by atoms with Crippen LogP contribution in [0.2, 0.25) is 0 Å². The molecule has 4 rings (SSSR count). The molecule has 2 heterocycles. The molecule has 0 spiro atoms. The zero-order valence-corrected chi connectivity index (χ0v) is 15.6. The molecular weight excluding hydrogens is 362 g/mol. The average molecular weight is 387 g/mol. The molecule has 2 saturated heterocycles. The summed E-state index contributed by atoms with van der Waals surface area (Å²) in [5, 5.41) is 11.2. The summed E-state index contributed by atoms with van der Waals surface area (Å²) in [5.41, 5.74) is 6.88. The number of carbonyl (C=O) groups excluding carboxylic acids is 2. The van der Waals surface area contributed by atoms with Crippen LogP contribution >= 0.6 is 0 Å². The molecule has 1 aromatic carbocycles. The van der Waals surface area contributed by atoms with Gasteiger partial charge in [-0.25, -0.2) is 5.43 Å². The molecule has 2 N–H and O–H groups in total. The quantitative estimate of drug-likeness (QED) is 0.569. The molecule has 28 heavy (non-hydrogen) atoms. The van der Waals surface area contributed by atoms with Crippen molar-refractivity contribution in [3.05, 3.63) is 46.0 Å². The molecule has 0 aromatic heterocycles. The van der Waals surface area contributed by atoms with Gasteiger partial charge in [0.25, 0.3) is 5.91 Å². The summed E-state index contributed by atoms with van der Waals surface area (Å²) in [5.74, 6) is -0.119. The minimum atomic E-state index is -0.571. The summed E-state index contributed by atoms with van der Waals surface area (Å²) >= 11 is 0. The average Bonchev–Trinajstić information content (AvgIpc) is 3.16. The highest BCUT2D eigenvalue weighted by Gasteiger charge is 2.47. The molecule has 9 nitrogen and oxygen atoms in total. The number of benzene rings is 1. The van der Waals surface area contributed by atoms with Gasteiger partial charge in [-0.2, -0.15) is 0 Å². The third kappa shape index (κ3) is 3.59. The van der Waals surface area contributed by atoms with Crippen LogP contribution in [0.3, 0.4) is 0 Å². The summed E-state index contributed by atoms with van der Waals surface area (Å²) in [6.07, 6.45) is 1.66. The topological polar surface area (TPSA) is 108 Å². The molecule has 3 fully saturated rings. The van der Waals surface area contributed by atoms with E-state index in [-0.39, 0.29) is 28.7 Å². The van der Waals surface area contributed by atoms with Crippen LogP contribution in [0, 0.1) is 16.0 Å². The third-order valence-corrected chi connectivity index (χ3v) is 6.19. The van der Waals surface area contributed by atoms with Crippen molar-refractivity contribution in [2.24, 2.45) is 5.92 Å². The zero-order chi connectivity index (χ0) is 19.7. The van der Waals surface area contributed by atoms with Crippen molar-refractivity contribution in [3.8, 4) is 0 Å². The first kappa shape index (κ1) is 18.8. The normalized spacial score (nSPS) is 30.0. The Labute approximate surface area is 163 Å². The molecule has 1 saturated carbocycles. The second-order valence-corrected chi connectivity index (χ2v) is 7.77. The smallest absolute Gasteiger partial charge is 0.253 e. The number of amides is 2. The van der Waals surface area contributed by atoms with Crippen molar-refractivity contribution in [2.45, 2.75) is 37.4 Å². The highest BCUT2D eigenvalue weighted by molar-refractivity contribution is 5.94. The second kappa shape index (κ2) is 7.84. The predicted octanol–water partition coefficient (Wildman–Crippen LogP) is 0.261. The number of nitrogens with zero attached hydrogens (tertiary/aromatic N) is 3. The largest absolute Gasteiger partial charge is 0.338 e. The van der Waals surface area contributed by atoms with E-state index in [1.807, 2.05) is 18.2 Å². The molecular formula is C19H25N5O4. The highest BCUT2D eigenvalue weighted by Crippen LogP contribution is 2.32. The maximum atomic E-state index is 13.0. The van der Waals surface area contributed by atoms with Gasteiger partial charge in [-0.05, 0) is 18.6 Å². The molecule has 3 aliphatic rings. The fourth-order valence-corrected chi connectivity index (χ4v) is 4.56. The summed E-state index contributed by atoms with van der Waals surface area (Å²) in [6.45, 7) is 1.94. The van der Waals surface area contributed by atoms with E-state index < -0.39 is 12.1 Å². The summed E-state index contributed by atoms with van der Waals surface area (Å²) in [6, 6.07) is 8.23. The monoisotopic (exact) mass is 387 g/mol. The zero-order valence-electron chi connectivity index (χ0n) is 15.6. The van der Waals surface area contributed by atoms with E-state index in [1.165, 1.54) is 0 Å². The number of carbonyl (C=O) groups is 2. The Hall–Kier alpha value is -2.52. The van der Waals surface area contributed by atoms with E-state index in [0.29, 0.717) is 51.0 Å². The fourth-order valence-electron chi connectivity index (χ4n) is 4.56. The van der Waals surface area contributed by atoms with Gasteiger partial charge in [0.15, 0.2) is 0 Å². The van der Waals surface area contributed by atoms with Gasteiger partial charge in [-0.15, -0.1) is 0 Å². The Morgan fingerprint density at radius 3 is 2.36 bits per heavy atom. The number of hydrogen-bond donors (Lipinski definition) is 2. The lowest BCUT2D eigenvalue weighted by Crippen LogP contribution is -2.56. The SMILES string of the molecule is O=C(c1ccccc1)N1CCN(C(=O)C2NNC3CCC([N+](=O)[O-])CC32)CC1. The number of nitro groups is 1. The minimum absolute atomic E-state index is 0.0190. The molecule has 4 atom stereocenters. The van der Waals surface area contributed by atoms with Crippen LogP contribution in [0.1, 0.15) is 29.6 Å². The maximum Gasteiger partial charge on any atom is 0.253 e. The third-order valence-electron chi connectivity index (χ3n) is 6.19. The molecule has 0 bridgehead atoms. The van der Waals surface area contributed by atoms with Gasteiger partial charge >= 0.3 is 0 Å². The van der Waals surface area contributed by atoms with Crippen molar-refractivity contribution in [1.82, 2.24) is 20.7 Å². The van der Waals surface area contributed by atoms with Gasteiger partial charge in [0.2, 0.25) is 11.9 Å². The van der Waals surface area contributed by atoms with Crippen LogP contribution in [0.15, 0.2) is 30.3 Å². The lowest BCUT2D eigenvalue weighted by molar-refractivity contribution is -0.528. The molecule has 2 aliphatic heterocycles. The number of nitrogens with one attached hydrogen (secondary N) is 2. The summed E-state index contributed by atoms with van der Waals surface area (Å²) in [7, 11) is 0. The predicted molar refractivity (Wildman–Crippen MR) is 101 cm³/mol. The number of rotatable bonds is 3. The molecule has 9 heteroatoms. The molecule has 2 amide bonds. The lowest BCUT2D eigenvalue weighted by atomic mass is 9.79. The van der Waals surface area contributed by atoms with Crippen molar-refractivity contribution >= 4 is 11.8 Å². The minimum Gasteiger partial charge on any atom is -0.338 e. The van der Waals surface area contributed by atoms with Crippen LogP contribution in [0.4, 0.5) is 0 Å². The van der Waals surface area contributed by atoms with E-state index in [9.17, 15) is 19.7 Å². The van der Waals surface area contributed by atoms with Gasteiger partial charge in [-0.3, -0.25) is 25.1 Å². The first-order valence-corrected chi connectivity index (χ1v) is 9.82. The van der Waals surface area contributed by atoms with E-state index >= 15 is 0 Å². The van der Waals surface area contributed by atoms with Crippen LogP contribution in [-0.4, -0.2) is 70.8 Å². The van der Waals surface area contributed by atoms with Gasteiger partial charge in [0, 0.05) is 61.5 Å². The first-order chi connectivity index (χ1) is 13.5. The van der Waals surface area contributed by atoms with Gasteiger partial charge in [-0.1, -0.05) is 18.2 Å². The highest BCUT2D eigenvalue weighted by atomic mass is 16.6. The van der Waals surface area contributed by atoms with Crippen LogP contribution in [-0.2, 0) is 4.79 Å². The number of hydrogen-bond acceptors (Lipinski definition) is 6. The summed E-state index contributed by atoms with van der Waals surface area (Å²) in [4.78, 5) is 40.1. The Morgan fingerprint density at radius 1 is 1.00 bits per heavy atom. The Kier molecular flexibility index (Phi) is 5.27. The van der Waals surface area contributed by atoms with Crippen molar-refractivity contribution in [2.75, 3.05) is 26.2 Å². The van der Waals surface area contributed by atoms with Gasteiger partial charge in [0.1, 0.15) is 6.04 Å². The van der Waals surface area contributed by atoms with E-state index in [4.69, 9.17) is 0 Å². The summed E-state index contributed by atoms with van der Waals surface area (Å²) < 4.78 is 0. The fraction of sp³-hybridized carbons (Fsp3) is 0.579. The Morgan fingerprint density at radius 2 is 1.68 bits per heavy atom. The number of fused-ring (bicyclic) bond motifs is 1. The lowest BCUT2D eigenvalue weighted by Gasteiger charge is -2.37. The number of piperazine rings is 1. The second-order valence-electron chi connectivity index (χ2n) is 7.77. The molecule has 0 radical (unpaired) electrons. The maximum absolute atomic E-state index is 13.0. The molecule has 150 valence electrons. The van der Waals surface area contributed by atoms with Crippen LogP contribution in [0.5, 0.6) is 0 Å². The number of hydrazine groups is 1.